The number of aryl methyl sites for hydroxylation is 2. The molecule has 0 saturated heterocycles. The average molecular weight is 353 g/mol. The number of fused-ring (bicyclic) bond motifs is 1. The number of rotatable bonds is 5. The van der Waals surface area contributed by atoms with Crippen LogP contribution in [0.1, 0.15) is 16.7 Å². The number of hydrogen-bond donors (Lipinski definition) is 2. The van der Waals surface area contributed by atoms with Crippen molar-refractivity contribution in [2.24, 2.45) is 0 Å². The Morgan fingerprint density at radius 3 is 2.58 bits per heavy atom. The number of furan rings is 1. The maximum absolute atomic E-state index is 12.0. The summed E-state index contributed by atoms with van der Waals surface area (Å²) in [6.07, 6.45) is 1.43. The second kappa shape index (κ2) is 7.31. The highest BCUT2D eigenvalue weighted by molar-refractivity contribution is 5.93. The van der Waals surface area contributed by atoms with Crippen molar-refractivity contribution in [2.45, 2.75) is 20.3 Å². The quantitative estimate of drug-likeness (QED) is 0.686. The Hall–Kier alpha value is -3.28. The van der Waals surface area contributed by atoms with E-state index < -0.39 is 11.9 Å². The molecule has 0 aliphatic rings. The molecule has 0 fully saturated rings. The zero-order valence-electron chi connectivity index (χ0n) is 14.5. The molecule has 0 spiro atoms. The molecule has 3 rings (SSSR count). The first-order valence-electron chi connectivity index (χ1n) is 8.13. The monoisotopic (exact) mass is 353 g/mol. The molecular formula is C20H19NO5. The lowest BCUT2D eigenvalue weighted by Crippen LogP contribution is -2.21. The standard InChI is InChI=1S/C20H19NO5/c1-12-5-13(2)7-15(6-12)21-19(23)11-26-20(24)8-14-10-25-18-9-16(22)3-4-17(14)18/h3-7,9-10,22H,8,11H2,1-2H3,(H,21,23). The number of carbonyl (C=O) groups excluding carboxylic acids is 2. The van der Waals surface area contributed by atoms with E-state index in [1.165, 1.54) is 18.4 Å². The lowest BCUT2D eigenvalue weighted by molar-refractivity contribution is -0.146. The highest BCUT2D eigenvalue weighted by Gasteiger charge is 2.13. The van der Waals surface area contributed by atoms with Gasteiger partial charge in [0.25, 0.3) is 5.91 Å². The summed E-state index contributed by atoms with van der Waals surface area (Å²) in [4.78, 5) is 24.0. The number of phenols is 1. The van der Waals surface area contributed by atoms with Gasteiger partial charge >= 0.3 is 5.97 Å². The highest BCUT2D eigenvalue weighted by atomic mass is 16.5. The van der Waals surface area contributed by atoms with Crippen molar-refractivity contribution in [3.8, 4) is 5.75 Å². The van der Waals surface area contributed by atoms with E-state index >= 15 is 0 Å². The zero-order chi connectivity index (χ0) is 18.7. The van der Waals surface area contributed by atoms with E-state index in [0.717, 1.165) is 16.5 Å². The fourth-order valence-corrected chi connectivity index (χ4v) is 2.81. The summed E-state index contributed by atoms with van der Waals surface area (Å²) in [6.45, 7) is 3.53. The maximum atomic E-state index is 12.0. The van der Waals surface area contributed by atoms with Gasteiger partial charge in [-0.05, 0) is 49.2 Å². The molecule has 0 bridgehead atoms. The Morgan fingerprint density at radius 2 is 1.85 bits per heavy atom. The molecule has 1 aromatic heterocycles. The number of nitrogens with one attached hydrogen (secondary N) is 1. The number of amides is 1. The van der Waals surface area contributed by atoms with Gasteiger partial charge in [0, 0.05) is 22.7 Å². The predicted molar refractivity (Wildman–Crippen MR) is 97.1 cm³/mol. The molecule has 0 unspecified atom stereocenters. The van der Waals surface area contributed by atoms with Gasteiger partial charge in [0.2, 0.25) is 0 Å². The number of anilines is 1. The van der Waals surface area contributed by atoms with Gasteiger partial charge in [-0.1, -0.05) is 6.07 Å². The molecule has 6 heteroatoms. The summed E-state index contributed by atoms with van der Waals surface area (Å²) < 4.78 is 10.4. The van der Waals surface area contributed by atoms with E-state index in [9.17, 15) is 14.7 Å². The maximum Gasteiger partial charge on any atom is 0.310 e. The number of ether oxygens (including phenoxy) is 1. The summed E-state index contributed by atoms with van der Waals surface area (Å²) in [5.74, 6) is -0.842. The van der Waals surface area contributed by atoms with Crippen molar-refractivity contribution in [3.63, 3.8) is 0 Å². The van der Waals surface area contributed by atoms with Crippen LogP contribution in [0.25, 0.3) is 11.0 Å². The zero-order valence-corrected chi connectivity index (χ0v) is 14.5. The topological polar surface area (TPSA) is 88.8 Å². The largest absolute Gasteiger partial charge is 0.508 e. The van der Waals surface area contributed by atoms with Crippen molar-refractivity contribution in [3.05, 3.63) is 59.4 Å². The highest BCUT2D eigenvalue weighted by Crippen LogP contribution is 2.25. The lowest BCUT2D eigenvalue weighted by atomic mass is 10.1. The molecule has 2 N–H and O–H groups in total. The van der Waals surface area contributed by atoms with Crippen molar-refractivity contribution in [2.75, 3.05) is 11.9 Å². The first kappa shape index (κ1) is 17.5. The van der Waals surface area contributed by atoms with Crippen LogP contribution in [0.3, 0.4) is 0 Å². The van der Waals surface area contributed by atoms with Crippen LogP contribution in [0.2, 0.25) is 0 Å². The van der Waals surface area contributed by atoms with Crippen LogP contribution in [0.4, 0.5) is 5.69 Å². The van der Waals surface area contributed by atoms with Crippen LogP contribution in [0.5, 0.6) is 5.75 Å². The first-order chi connectivity index (χ1) is 12.4. The lowest BCUT2D eigenvalue weighted by Gasteiger charge is -2.08. The van der Waals surface area contributed by atoms with Gasteiger partial charge in [0.15, 0.2) is 6.61 Å². The van der Waals surface area contributed by atoms with Crippen molar-refractivity contribution >= 4 is 28.5 Å². The molecular weight excluding hydrogens is 334 g/mol. The SMILES string of the molecule is Cc1cc(C)cc(NC(=O)COC(=O)Cc2coc3cc(O)ccc23)c1. The Morgan fingerprint density at radius 1 is 1.12 bits per heavy atom. The van der Waals surface area contributed by atoms with Crippen LogP contribution in [-0.4, -0.2) is 23.6 Å². The van der Waals surface area contributed by atoms with Gasteiger partial charge in [-0.2, -0.15) is 0 Å². The Balaban J connectivity index is 1.55. The fraction of sp³-hybridized carbons (Fsp3) is 0.200. The van der Waals surface area contributed by atoms with E-state index in [1.54, 1.807) is 6.07 Å². The van der Waals surface area contributed by atoms with Gasteiger partial charge < -0.3 is 19.6 Å². The number of benzene rings is 2. The molecule has 0 radical (unpaired) electrons. The van der Waals surface area contributed by atoms with E-state index in [2.05, 4.69) is 5.32 Å². The number of phenolic OH excluding ortho intramolecular Hbond substituents is 1. The third-order valence-electron chi connectivity index (χ3n) is 3.84. The van der Waals surface area contributed by atoms with Crippen molar-refractivity contribution in [1.82, 2.24) is 0 Å². The number of carbonyl (C=O) groups is 2. The molecule has 2 aromatic carbocycles. The van der Waals surface area contributed by atoms with Gasteiger partial charge in [-0.15, -0.1) is 0 Å². The minimum absolute atomic E-state index is 0.0192. The first-order valence-corrected chi connectivity index (χ1v) is 8.13. The van der Waals surface area contributed by atoms with Crippen LogP contribution in [0.15, 0.2) is 47.1 Å². The van der Waals surface area contributed by atoms with Gasteiger partial charge in [0.1, 0.15) is 11.3 Å². The van der Waals surface area contributed by atoms with E-state index in [1.807, 2.05) is 32.0 Å². The summed E-state index contributed by atoms with van der Waals surface area (Å²) in [6, 6.07) is 10.4. The van der Waals surface area contributed by atoms with Crippen LogP contribution >= 0.6 is 0 Å². The van der Waals surface area contributed by atoms with Gasteiger partial charge in [0.05, 0.1) is 12.7 Å². The molecule has 26 heavy (non-hydrogen) atoms. The fourth-order valence-electron chi connectivity index (χ4n) is 2.81. The third-order valence-corrected chi connectivity index (χ3v) is 3.84. The molecule has 0 aliphatic carbocycles. The van der Waals surface area contributed by atoms with Crippen LogP contribution < -0.4 is 5.32 Å². The molecule has 6 nitrogen and oxygen atoms in total. The summed E-state index contributed by atoms with van der Waals surface area (Å²) in [5, 5.41) is 12.9. The smallest absolute Gasteiger partial charge is 0.310 e. The van der Waals surface area contributed by atoms with Gasteiger partial charge in [-0.25, -0.2) is 0 Å². The second-order valence-electron chi connectivity index (χ2n) is 6.20. The Kier molecular flexibility index (Phi) is 4.93. The minimum Gasteiger partial charge on any atom is -0.508 e. The van der Waals surface area contributed by atoms with Crippen LogP contribution in [0, 0.1) is 13.8 Å². The molecule has 0 aliphatic heterocycles. The minimum atomic E-state index is -0.531. The van der Waals surface area contributed by atoms with E-state index in [4.69, 9.17) is 9.15 Å². The molecule has 134 valence electrons. The van der Waals surface area contributed by atoms with Gasteiger partial charge in [-0.3, -0.25) is 9.59 Å². The average Bonchev–Trinajstić information content (AvgIpc) is 2.94. The number of aromatic hydroxyl groups is 1. The number of esters is 1. The Labute approximate surface area is 150 Å². The second-order valence-corrected chi connectivity index (χ2v) is 6.20. The van der Waals surface area contributed by atoms with Crippen LogP contribution in [-0.2, 0) is 20.7 Å². The molecule has 1 heterocycles. The molecule has 0 atom stereocenters. The molecule has 3 aromatic rings. The third kappa shape index (κ3) is 4.22. The molecule has 1 amide bonds. The predicted octanol–water partition coefficient (Wildman–Crippen LogP) is 3.48. The van der Waals surface area contributed by atoms with Crippen molar-refractivity contribution in [1.29, 1.82) is 0 Å². The van der Waals surface area contributed by atoms with E-state index in [0.29, 0.717) is 16.8 Å². The number of hydrogen-bond acceptors (Lipinski definition) is 5. The molecule has 0 saturated carbocycles. The van der Waals surface area contributed by atoms with E-state index in [-0.39, 0.29) is 18.8 Å². The Bertz CT molecular complexity index is 953. The summed E-state index contributed by atoms with van der Waals surface area (Å²) >= 11 is 0. The summed E-state index contributed by atoms with van der Waals surface area (Å²) in [7, 11) is 0. The normalized spacial score (nSPS) is 10.7. The summed E-state index contributed by atoms with van der Waals surface area (Å²) in [5.41, 5.74) is 3.87. The van der Waals surface area contributed by atoms with Crippen molar-refractivity contribution < 1.29 is 23.8 Å².